The summed E-state index contributed by atoms with van der Waals surface area (Å²) >= 11 is 1.99. The first-order chi connectivity index (χ1) is 8.81. The van der Waals surface area contributed by atoms with Crippen molar-refractivity contribution in [2.75, 3.05) is 6.61 Å². The molecule has 0 heterocycles. The third-order valence-corrected chi connectivity index (χ3v) is 3.21. The highest BCUT2D eigenvalue weighted by molar-refractivity contribution is 14.1. The van der Waals surface area contributed by atoms with Gasteiger partial charge in [0.05, 0.1) is 6.61 Å². The van der Waals surface area contributed by atoms with Gasteiger partial charge < -0.3 is 9.47 Å². The molecule has 0 radical (unpaired) electrons. The molecule has 0 aliphatic rings. The van der Waals surface area contributed by atoms with Crippen LogP contribution in [0.2, 0.25) is 0 Å². The number of esters is 1. The van der Waals surface area contributed by atoms with Gasteiger partial charge in [0.15, 0.2) is 0 Å². The van der Waals surface area contributed by atoms with Crippen LogP contribution >= 0.6 is 22.6 Å². The molecule has 0 saturated heterocycles. The minimum Gasteiger partial charge on any atom is -0.466 e. The lowest BCUT2D eigenvalue weighted by molar-refractivity contribution is -0.274. The van der Waals surface area contributed by atoms with Crippen LogP contribution in [0, 0.1) is 3.57 Å². The number of hydrogen-bond acceptors (Lipinski definition) is 3. The van der Waals surface area contributed by atoms with Gasteiger partial charge in [0.2, 0.25) is 0 Å². The van der Waals surface area contributed by atoms with Gasteiger partial charge in [0.25, 0.3) is 0 Å². The molecule has 1 aromatic rings. The summed E-state index contributed by atoms with van der Waals surface area (Å²) in [7, 11) is 0. The smallest absolute Gasteiger partial charge is 0.466 e. The number of carbonyl (C=O) groups is 1. The SMILES string of the molecule is CCOC(=O)CCc1cc(OC(F)(F)F)ccc1I. The molecule has 0 fully saturated rings. The minimum atomic E-state index is -4.72. The summed E-state index contributed by atoms with van der Waals surface area (Å²) in [5.74, 6) is -0.660. The first-order valence-electron chi connectivity index (χ1n) is 5.51. The molecule has 0 saturated carbocycles. The van der Waals surface area contributed by atoms with Crippen LogP contribution in [0.1, 0.15) is 18.9 Å². The second-order valence-electron chi connectivity index (χ2n) is 3.61. The number of alkyl halides is 3. The molecule has 106 valence electrons. The number of rotatable bonds is 5. The van der Waals surface area contributed by atoms with Gasteiger partial charge in [0, 0.05) is 9.99 Å². The molecule has 0 N–H and O–H groups in total. The summed E-state index contributed by atoms with van der Waals surface area (Å²) in [4.78, 5) is 11.2. The predicted molar refractivity (Wildman–Crippen MR) is 70.8 cm³/mol. The fourth-order valence-corrected chi connectivity index (χ4v) is 2.01. The lowest BCUT2D eigenvalue weighted by Crippen LogP contribution is -2.17. The monoisotopic (exact) mass is 388 g/mol. The first-order valence-corrected chi connectivity index (χ1v) is 6.59. The van der Waals surface area contributed by atoms with Gasteiger partial charge in [-0.05, 0) is 59.7 Å². The molecule has 0 amide bonds. The Kier molecular flexibility index (Phi) is 5.89. The van der Waals surface area contributed by atoms with E-state index in [1.54, 1.807) is 6.92 Å². The number of aryl methyl sites for hydroxylation is 1. The summed E-state index contributed by atoms with van der Waals surface area (Å²) in [6.45, 7) is 1.98. The van der Waals surface area contributed by atoms with E-state index in [1.165, 1.54) is 18.2 Å². The Morgan fingerprint density at radius 2 is 2.05 bits per heavy atom. The molecular formula is C12H12F3IO3. The van der Waals surface area contributed by atoms with Gasteiger partial charge in [-0.1, -0.05) is 0 Å². The molecule has 1 rings (SSSR count). The molecule has 0 unspecified atom stereocenters. The molecule has 19 heavy (non-hydrogen) atoms. The average Bonchev–Trinajstić information content (AvgIpc) is 2.28. The van der Waals surface area contributed by atoms with Gasteiger partial charge in [0.1, 0.15) is 5.75 Å². The van der Waals surface area contributed by atoms with E-state index in [-0.39, 0.29) is 24.7 Å². The molecule has 0 spiro atoms. The lowest BCUT2D eigenvalue weighted by Gasteiger charge is -2.11. The van der Waals surface area contributed by atoms with E-state index in [9.17, 15) is 18.0 Å². The summed E-state index contributed by atoms with van der Waals surface area (Å²) in [5, 5.41) is 0. The van der Waals surface area contributed by atoms with Crippen molar-refractivity contribution in [2.24, 2.45) is 0 Å². The number of ether oxygens (including phenoxy) is 2. The van der Waals surface area contributed by atoms with E-state index in [0.717, 1.165) is 3.57 Å². The van der Waals surface area contributed by atoms with Gasteiger partial charge in [-0.2, -0.15) is 0 Å². The zero-order valence-electron chi connectivity index (χ0n) is 10.1. The Labute approximate surface area is 122 Å². The van der Waals surface area contributed by atoms with Gasteiger partial charge in [-0.15, -0.1) is 13.2 Å². The van der Waals surface area contributed by atoms with E-state index >= 15 is 0 Å². The van der Waals surface area contributed by atoms with Crippen LogP contribution in [-0.2, 0) is 16.0 Å². The van der Waals surface area contributed by atoms with E-state index in [1.807, 2.05) is 22.6 Å². The second-order valence-corrected chi connectivity index (χ2v) is 4.77. The lowest BCUT2D eigenvalue weighted by atomic mass is 10.1. The Hall–Kier alpha value is -0.990. The number of carbonyl (C=O) groups excluding carboxylic acids is 1. The van der Waals surface area contributed by atoms with Gasteiger partial charge in [-0.25, -0.2) is 0 Å². The molecule has 0 aliphatic heterocycles. The van der Waals surface area contributed by atoms with E-state index in [4.69, 9.17) is 4.74 Å². The van der Waals surface area contributed by atoms with Crippen molar-refractivity contribution in [3.63, 3.8) is 0 Å². The molecule has 0 atom stereocenters. The maximum Gasteiger partial charge on any atom is 0.573 e. The Balaban J connectivity index is 2.72. The Morgan fingerprint density at radius 3 is 2.63 bits per heavy atom. The van der Waals surface area contributed by atoms with E-state index < -0.39 is 6.36 Å². The van der Waals surface area contributed by atoms with Crippen molar-refractivity contribution >= 4 is 28.6 Å². The largest absolute Gasteiger partial charge is 0.573 e. The summed E-state index contributed by atoms with van der Waals surface area (Å²) in [6.07, 6.45) is -4.28. The molecule has 0 aliphatic carbocycles. The molecule has 1 aromatic carbocycles. The van der Waals surface area contributed by atoms with Crippen LogP contribution in [0.25, 0.3) is 0 Å². The topological polar surface area (TPSA) is 35.5 Å². The third kappa shape index (κ3) is 6.13. The highest BCUT2D eigenvalue weighted by Crippen LogP contribution is 2.26. The number of hydrogen-bond donors (Lipinski definition) is 0. The van der Waals surface area contributed by atoms with Crippen molar-refractivity contribution in [1.82, 2.24) is 0 Å². The minimum absolute atomic E-state index is 0.124. The van der Waals surface area contributed by atoms with Crippen LogP contribution in [0.3, 0.4) is 0 Å². The molecule has 0 aromatic heterocycles. The van der Waals surface area contributed by atoms with Crippen molar-refractivity contribution in [2.45, 2.75) is 26.1 Å². The van der Waals surface area contributed by atoms with Crippen LogP contribution in [0.5, 0.6) is 5.75 Å². The first kappa shape index (κ1) is 16.1. The van der Waals surface area contributed by atoms with Crippen molar-refractivity contribution in [3.8, 4) is 5.75 Å². The Morgan fingerprint density at radius 1 is 1.37 bits per heavy atom. The maximum atomic E-state index is 12.1. The van der Waals surface area contributed by atoms with E-state index in [2.05, 4.69) is 4.74 Å². The van der Waals surface area contributed by atoms with Crippen LogP contribution in [0.4, 0.5) is 13.2 Å². The summed E-state index contributed by atoms with van der Waals surface area (Å²) in [5.41, 5.74) is 0.621. The zero-order valence-corrected chi connectivity index (χ0v) is 12.2. The third-order valence-electron chi connectivity index (χ3n) is 2.15. The molecule has 0 bridgehead atoms. The molecule has 7 heteroatoms. The maximum absolute atomic E-state index is 12.1. The average molecular weight is 388 g/mol. The molecular weight excluding hydrogens is 376 g/mol. The van der Waals surface area contributed by atoms with Crippen LogP contribution < -0.4 is 4.74 Å². The van der Waals surface area contributed by atoms with Crippen LogP contribution in [-0.4, -0.2) is 18.9 Å². The zero-order chi connectivity index (χ0) is 14.5. The highest BCUT2D eigenvalue weighted by atomic mass is 127. The number of benzene rings is 1. The normalized spacial score (nSPS) is 11.2. The predicted octanol–water partition coefficient (Wildman–Crippen LogP) is 3.69. The fraction of sp³-hybridized carbons (Fsp3) is 0.417. The number of halogens is 4. The standard InChI is InChI=1S/C12H12F3IO3/c1-2-18-11(17)6-3-8-7-9(4-5-10(8)16)19-12(13,14)15/h4-5,7H,2-3,6H2,1H3. The van der Waals surface area contributed by atoms with Crippen molar-refractivity contribution in [1.29, 1.82) is 0 Å². The van der Waals surface area contributed by atoms with E-state index in [0.29, 0.717) is 12.0 Å². The van der Waals surface area contributed by atoms with Crippen LogP contribution in [0.15, 0.2) is 18.2 Å². The molecule has 3 nitrogen and oxygen atoms in total. The second kappa shape index (κ2) is 6.97. The van der Waals surface area contributed by atoms with Gasteiger partial charge in [-0.3, -0.25) is 4.79 Å². The quantitative estimate of drug-likeness (QED) is 0.570. The van der Waals surface area contributed by atoms with Gasteiger partial charge >= 0.3 is 12.3 Å². The van der Waals surface area contributed by atoms with Crippen molar-refractivity contribution < 1.29 is 27.4 Å². The highest BCUT2D eigenvalue weighted by Gasteiger charge is 2.31. The fourth-order valence-electron chi connectivity index (χ4n) is 1.41. The summed E-state index contributed by atoms with van der Waals surface area (Å²) in [6, 6.07) is 4.04. The summed E-state index contributed by atoms with van der Waals surface area (Å²) < 4.78 is 45.6. The Bertz CT molecular complexity index is 446. The van der Waals surface area contributed by atoms with Crippen molar-refractivity contribution in [3.05, 3.63) is 27.3 Å².